The van der Waals surface area contributed by atoms with E-state index in [4.69, 9.17) is 14.7 Å². The lowest BCUT2D eigenvalue weighted by Gasteiger charge is -2.03. The Kier molecular flexibility index (Phi) is 16.5. The zero-order chi connectivity index (χ0) is 16.5. The van der Waals surface area contributed by atoms with Gasteiger partial charge in [-0.25, -0.2) is 0 Å². The standard InChI is InChI=1S/C18H30.H3O3P/c1-2-3-4-5-6-7-8-9-10-12-15-18-16-13-11-14-17-18;1-4(2)3/h11,13-14,16-17H,2-10,12,15H2,1H3;1-3H. The van der Waals surface area contributed by atoms with Crippen molar-refractivity contribution in [2.75, 3.05) is 0 Å². The van der Waals surface area contributed by atoms with Crippen molar-refractivity contribution >= 4 is 8.60 Å². The maximum Gasteiger partial charge on any atom is 0.324 e. The topological polar surface area (TPSA) is 60.7 Å². The van der Waals surface area contributed by atoms with E-state index in [1.807, 2.05) is 0 Å². The predicted octanol–water partition coefficient (Wildman–Crippen LogP) is 5.34. The molecule has 0 saturated heterocycles. The summed E-state index contributed by atoms with van der Waals surface area (Å²) in [6.45, 7) is 2.28. The first-order valence-electron chi connectivity index (χ1n) is 8.57. The van der Waals surface area contributed by atoms with Gasteiger partial charge < -0.3 is 14.7 Å². The summed E-state index contributed by atoms with van der Waals surface area (Å²) in [5, 5.41) is 0. The summed E-state index contributed by atoms with van der Waals surface area (Å²) in [5.74, 6) is 0. The molecule has 0 aliphatic carbocycles. The molecule has 1 aromatic carbocycles. The summed E-state index contributed by atoms with van der Waals surface area (Å²) in [6, 6.07) is 10.9. The molecule has 128 valence electrons. The van der Waals surface area contributed by atoms with E-state index in [0.717, 1.165) is 0 Å². The average molecular weight is 328 g/mol. The van der Waals surface area contributed by atoms with E-state index >= 15 is 0 Å². The minimum atomic E-state index is -2.62. The molecule has 3 nitrogen and oxygen atoms in total. The Bertz CT molecular complexity index is 315. The molecule has 22 heavy (non-hydrogen) atoms. The zero-order valence-electron chi connectivity index (χ0n) is 14.0. The monoisotopic (exact) mass is 328 g/mol. The number of rotatable bonds is 11. The van der Waals surface area contributed by atoms with E-state index in [9.17, 15) is 0 Å². The summed E-state index contributed by atoms with van der Waals surface area (Å²) in [5.41, 5.74) is 1.50. The van der Waals surface area contributed by atoms with Crippen molar-refractivity contribution in [3.8, 4) is 0 Å². The van der Waals surface area contributed by atoms with E-state index in [0.29, 0.717) is 0 Å². The van der Waals surface area contributed by atoms with Gasteiger partial charge in [0.2, 0.25) is 0 Å². The Morgan fingerprint density at radius 1 is 0.682 bits per heavy atom. The third kappa shape index (κ3) is 17.6. The van der Waals surface area contributed by atoms with Crippen LogP contribution in [0.15, 0.2) is 30.3 Å². The number of unbranched alkanes of at least 4 members (excludes halogenated alkanes) is 9. The fraction of sp³-hybridized carbons (Fsp3) is 0.667. The van der Waals surface area contributed by atoms with Crippen LogP contribution in [0.3, 0.4) is 0 Å². The second-order valence-electron chi connectivity index (χ2n) is 5.69. The molecule has 0 spiro atoms. The highest BCUT2D eigenvalue weighted by molar-refractivity contribution is 7.38. The van der Waals surface area contributed by atoms with Gasteiger partial charge in [0.15, 0.2) is 0 Å². The van der Waals surface area contributed by atoms with Crippen LogP contribution >= 0.6 is 8.60 Å². The Balaban J connectivity index is 0.000000980. The molecule has 0 radical (unpaired) electrons. The lowest BCUT2D eigenvalue weighted by molar-refractivity contribution is 0.368. The van der Waals surface area contributed by atoms with E-state index in [-0.39, 0.29) is 0 Å². The van der Waals surface area contributed by atoms with E-state index < -0.39 is 8.60 Å². The molecular formula is C18H33O3P. The minimum absolute atomic E-state index is 1.26. The molecule has 0 saturated carbocycles. The Labute approximate surface area is 137 Å². The number of hydrogen-bond donors (Lipinski definition) is 3. The van der Waals surface area contributed by atoms with Gasteiger partial charge >= 0.3 is 8.60 Å². The molecule has 0 bridgehead atoms. The summed E-state index contributed by atoms with van der Waals surface area (Å²) in [6.07, 6.45) is 15.5. The fourth-order valence-corrected chi connectivity index (χ4v) is 2.46. The normalized spacial score (nSPS) is 10.4. The van der Waals surface area contributed by atoms with Crippen molar-refractivity contribution in [1.29, 1.82) is 0 Å². The fourth-order valence-electron chi connectivity index (χ4n) is 2.46. The van der Waals surface area contributed by atoms with E-state index in [1.54, 1.807) is 0 Å². The van der Waals surface area contributed by atoms with Crippen LogP contribution < -0.4 is 0 Å². The molecule has 1 aromatic rings. The third-order valence-corrected chi connectivity index (χ3v) is 3.66. The largest absolute Gasteiger partial charge is 0.328 e. The van der Waals surface area contributed by atoms with E-state index in [2.05, 4.69) is 37.3 Å². The lowest BCUT2D eigenvalue weighted by Crippen LogP contribution is -1.86. The minimum Gasteiger partial charge on any atom is -0.328 e. The second kappa shape index (κ2) is 16.9. The molecule has 0 aliphatic rings. The first kappa shape index (κ1) is 21.5. The van der Waals surface area contributed by atoms with Gasteiger partial charge in [-0.1, -0.05) is 95.0 Å². The smallest absolute Gasteiger partial charge is 0.324 e. The van der Waals surface area contributed by atoms with Crippen molar-refractivity contribution in [2.45, 2.75) is 77.6 Å². The molecule has 0 aliphatic heterocycles. The molecule has 1 rings (SSSR count). The van der Waals surface area contributed by atoms with Gasteiger partial charge in [0.25, 0.3) is 0 Å². The Hall–Kier alpha value is -0.470. The first-order chi connectivity index (χ1) is 10.7. The lowest BCUT2D eigenvalue weighted by atomic mass is 10.0. The SMILES string of the molecule is CCCCCCCCCCCCc1ccccc1.OP(O)O. The first-order valence-corrected chi connectivity index (χ1v) is 9.77. The molecule has 0 aromatic heterocycles. The Morgan fingerprint density at radius 3 is 1.55 bits per heavy atom. The summed E-state index contributed by atoms with van der Waals surface area (Å²) >= 11 is 0. The van der Waals surface area contributed by atoms with Crippen LogP contribution in [0.25, 0.3) is 0 Å². The van der Waals surface area contributed by atoms with Crippen molar-refractivity contribution in [1.82, 2.24) is 0 Å². The molecule has 0 atom stereocenters. The van der Waals surface area contributed by atoms with Crippen molar-refractivity contribution in [3.63, 3.8) is 0 Å². The molecule has 0 fully saturated rings. The van der Waals surface area contributed by atoms with Crippen LogP contribution in [0.5, 0.6) is 0 Å². The maximum absolute atomic E-state index is 7.23. The van der Waals surface area contributed by atoms with Crippen LogP contribution in [0, 0.1) is 0 Å². The van der Waals surface area contributed by atoms with Gasteiger partial charge in [0, 0.05) is 0 Å². The van der Waals surface area contributed by atoms with Crippen LogP contribution in [-0.2, 0) is 6.42 Å². The Morgan fingerprint density at radius 2 is 1.09 bits per heavy atom. The molecular weight excluding hydrogens is 295 g/mol. The van der Waals surface area contributed by atoms with Gasteiger partial charge in [-0.3, -0.25) is 0 Å². The van der Waals surface area contributed by atoms with Gasteiger partial charge in [-0.05, 0) is 18.4 Å². The molecule has 0 amide bonds. The number of benzene rings is 1. The summed E-state index contributed by atoms with van der Waals surface area (Å²) < 4.78 is 0. The van der Waals surface area contributed by atoms with Crippen LogP contribution in [0.4, 0.5) is 0 Å². The summed E-state index contributed by atoms with van der Waals surface area (Å²) in [4.78, 5) is 21.7. The maximum atomic E-state index is 7.23. The number of aryl methyl sites for hydroxylation is 1. The van der Waals surface area contributed by atoms with Gasteiger partial charge in [0.05, 0.1) is 0 Å². The predicted molar refractivity (Wildman–Crippen MR) is 95.6 cm³/mol. The highest BCUT2D eigenvalue weighted by Gasteiger charge is 1.94. The highest BCUT2D eigenvalue weighted by atomic mass is 31.2. The van der Waals surface area contributed by atoms with Crippen molar-refractivity contribution < 1.29 is 14.7 Å². The molecule has 0 heterocycles. The van der Waals surface area contributed by atoms with Gasteiger partial charge in [-0.15, -0.1) is 0 Å². The van der Waals surface area contributed by atoms with Crippen molar-refractivity contribution in [3.05, 3.63) is 35.9 Å². The van der Waals surface area contributed by atoms with Crippen LogP contribution in [0.1, 0.15) is 76.7 Å². The third-order valence-electron chi connectivity index (χ3n) is 3.66. The molecule has 3 N–H and O–H groups in total. The highest BCUT2D eigenvalue weighted by Crippen LogP contribution is 2.12. The van der Waals surface area contributed by atoms with Gasteiger partial charge in [-0.2, -0.15) is 0 Å². The summed E-state index contributed by atoms with van der Waals surface area (Å²) in [7, 11) is -2.62. The molecule has 0 unspecified atom stereocenters. The number of hydrogen-bond acceptors (Lipinski definition) is 3. The van der Waals surface area contributed by atoms with Gasteiger partial charge in [0.1, 0.15) is 0 Å². The van der Waals surface area contributed by atoms with E-state index in [1.165, 1.54) is 76.2 Å². The second-order valence-corrected chi connectivity index (χ2v) is 6.22. The quantitative estimate of drug-likeness (QED) is 0.379. The zero-order valence-corrected chi connectivity index (χ0v) is 14.8. The van der Waals surface area contributed by atoms with Crippen LogP contribution in [-0.4, -0.2) is 14.7 Å². The van der Waals surface area contributed by atoms with Crippen LogP contribution in [0.2, 0.25) is 0 Å². The average Bonchev–Trinajstić information content (AvgIpc) is 2.50. The molecule has 4 heteroatoms. The van der Waals surface area contributed by atoms with Crippen molar-refractivity contribution in [2.24, 2.45) is 0 Å².